The highest BCUT2D eigenvalue weighted by molar-refractivity contribution is 6.15. The number of hydrogen-bond donors (Lipinski definition) is 0. The van der Waals surface area contributed by atoms with Crippen molar-refractivity contribution in [2.75, 3.05) is 0 Å². The molecular formula is C36H30FN2O+. The van der Waals surface area contributed by atoms with Gasteiger partial charge in [-0.15, -0.1) is 0 Å². The van der Waals surface area contributed by atoms with Crippen molar-refractivity contribution in [2.24, 2.45) is 7.05 Å². The van der Waals surface area contributed by atoms with Crippen LogP contribution >= 0.6 is 0 Å². The van der Waals surface area contributed by atoms with E-state index in [1.807, 2.05) is 82.3 Å². The zero-order valence-electron chi connectivity index (χ0n) is 25.2. The highest BCUT2D eigenvalue weighted by Gasteiger charge is 2.28. The topological polar surface area (TPSA) is 40.8 Å². The number of aryl methyl sites for hydroxylation is 1. The van der Waals surface area contributed by atoms with E-state index in [9.17, 15) is 5.26 Å². The molecule has 2 aromatic heterocycles. The maximum atomic E-state index is 15.4. The van der Waals surface area contributed by atoms with Gasteiger partial charge in [0.05, 0.1) is 18.6 Å². The van der Waals surface area contributed by atoms with Crippen molar-refractivity contribution >= 4 is 21.9 Å². The number of nitrogens with zero attached hydrogens (tertiary/aromatic N) is 2. The van der Waals surface area contributed by atoms with Crippen LogP contribution in [0.5, 0.6) is 0 Å². The average Bonchev–Trinajstić information content (AvgIpc) is 3.36. The molecule has 0 radical (unpaired) electrons. The number of fused-ring (bicyclic) bond motifs is 3. The number of furan rings is 1. The Morgan fingerprint density at radius 3 is 2.23 bits per heavy atom. The molecule has 0 saturated heterocycles. The van der Waals surface area contributed by atoms with Crippen molar-refractivity contribution in [1.29, 1.82) is 5.26 Å². The largest absolute Gasteiger partial charge is 0.454 e. The van der Waals surface area contributed by atoms with Gasteiger partial charge in [-0.25, -0.2) is 4.39 Å². The van der Waals surface area contributed by atoms with Crippen LogP contribution in [0.15, 0.2) is 95.5 Å². The molecular weight excluding hydrogens is 495 g/mol. The van der Waals surface area contributed by atoms with Crippen molar-refractivity contribution in [3.8, 4) is 39.6 Å². The second-order valence-corrected chi connectivity index (χ2v) is 11.2. The summed E-state index contributed by atoms with van der Waals surface area (Å²) in [4.78, 5) is 0. The van der Waals surface area contributed by atoms with E-state index in [0.717, 1.165) is 33.2 Å². The number of rotatable bonds is 3. The summed E-state index contributed by atoms with van der Waals surface area (Å²) in [6.07, 6.45) is -0.296. The summed E-state index contributed by atoms with van der Waals surface area (Å²) in [5.74, 6) is -0.693. The number of nitriles is 1. The molecule has 0 spiro atoms. The van der Waals surface area contributed by atoms with Crippen molar-refractivity contribution in [3.63, 3.8) is 0 Å². The van der Waals surface area contributed by atoms with Crippen molar-refractivity contribution in [2.45, 2.75) is 33.1 Å². The molecule has 0 aliphatic rings. The Hall–Kier alpha value is -4.75. The molecule has 0 amide bonds. The highest BCUT2D eigenvalue weighted by atomic mass is 19.1. The van der Waals surface area contributed by atoms with Crippen molar-refractivity contribution in [1.82, 2.24) is 0 Å². The van der Waals surface area contributed by atoms with Gasteiger partial charge in [-0.3, -0.25) is 0 Å². The molecule has 6 aromatic rings. The fourth-order valence-corrected chi connectivity index (χ4v) is 5.39. The van der Waals surface area contributed by atoms with Gasteiger partial charge >= 0.3 is 0 Å². The SMILES string of the molecule is [2H]c1c(C(C)(C)C)c(F)c([2H])[n+](C)c1-c1c(C)ccc2c1oc1c(-c3ccc(-c4ccccc4)cc3)ccc(C#N)c12. The monoisotopic (exact) mass is 527 g/mol. The van der Waals surface area contributed by atoms with Gasteiger partial charge in [0.2, 0.25) is 11.9 Å². The molecule has 2 heterocycles. The van der Waals surface area contributed by atoms with E-state index < -0.39 is 11.2 Å². The lowest BCUT2D eigenvalue weighted by molar-refractivity contribution is -0.662. The smallest absolute Gasteiger partial charge is 0.216 e. The lowest BCUT2D eigenvalue weighted by Gasteiger charge is -2.19. The van der Waals surface area contributed by atoms with E-state index in [2.05, 4.69) is 30.3 Å². The van der Waals surface area contributed by atoms with Gasteiger partial charge < -0.3 is 4.42 Å². The molecule has 0 atom stereocenters. The molecule has 4 aromatic carbocycles. The Balaban J connectivity index is 1.66. The van der Waals surface area contributed by atoms with Crippen LogP contribution in [0.4, 0.5) is 4.39 Å². The number of hydrogen-bond acceptors (Lipinski definition) is 2. The number of pyridine rings is 1. The molecule has 3 nitrogen and oxygen atoms in total. The normalized spacial score (nSPS) is 12.4. The van der Waals surface area contributed by atoms with Gasteiger partial charge in [-0.05, 0) is 46.7 Å². The summed E-state index contributed by atoms with van der Waals surface area (Å²) in [6, 6.07) is 28.3. The molecule has 6 rings (SSSR count). The van der Waals surface area contributed by atoms with Gasteiger partial charge in [0.1, 0.15) is 19.6 Å². The minimum absolute atomic E-state index is 0.0202. The van der Waals surface area contributed by atoms with E-state index >= 15 is 4.39 Å². The molecule has 0 aliphatic carbocycles. The van der Waals surface area contributed by atoms with E-state index in [0.29, 0.717) is 33.4 Å². The Kier molecular flexibility index (Phi) is 5.48. The standard InChI is InChI=1S/C36H30FN2O/c1-22-11-17-28-33-26(20-38)16-18-27(25-14-12-24(13-15-25)23-9-7-6-8-10-23)34(33)40-35(28)32(22)31-19-29(36(2,3)4)30(37)21-39(31)5/h6-19,21H,1-5H3/q+1/i19D,21D. The van der Waals surface area contributed by atoms with Crippen LogP contribution in [-0.4, -0.2) is 0 Å². The van der Waals surface area contributed by atoms with Crippen LogP contribution in [-0.2, 0) is 12.5 Å². The minimum atomic E-state index is -0.693. The van der Waals surface area contributed by atoms with E-state index in [4.69, 9.17) is 7.16 Å². The van der Waals surface area contributed by atoms with Crippen LogP contribution in [0.25, 0.3) is 55.4 Å². The third-order valence-electron chi connectivity index (χ3n) is 7.47. The zero-order chi connectivity index (χ0) is 29.9. The maximum Gasteiger partial charge on any atom is 0.216 e. The summed E-state index contributed by atoms with van der Waals surface area (Å²) in [7, 11) is 1.60. The van der Waals surface area contributed by atoms with Crippen LogP contribution in [0.1, 0.15) is 40.2 Å². The summed E-state index contributed by atoms with van der Waals surface area (Å²) < 4.78 is 41.2. The molecule has 0 N–H and O–H groups in total. The lowest BCUT2D eigenvalue weighted by atomic mass is 9.86. The zero-order valence-corrected chi connectivity index (χ0v) is 23.2. The Bertz CT molecular complexity index is 2070. The quantitative estimate of drug-likeness (QED) is 0.215. The molecule has 40 heavy (non-hydrogen) atoms. The van der Waals surface area contributed by atoms with Crippen LogP contribution in [0.3, 0.4) is 0 Å². The third-order valence-corrected chi connectivity index (χ3v) is 7.47. The average molecular weight is 528 g/mol. The highest BCUT2D eigenvalue weighted by Crippen LogP contribution is 2.42. The molecule has 4 heteroatoms. The summed E-state index contributed by atoms with van der Waals surface area (Å²) in [5.41, 5.74) is 6.90. The van der Waals surface area contributed by atoms with Crippen LogP contribution in [0.2, 0.25) is 0 Å². The maximum absolute atomic E-state index is 15.4. The van der Waals surface area contributed by atoms with E-state index in [-0.39, 0.29) is 17.8 Å². The van der Waals surface area contributed by atoms with Gasteiger partial charge in [0.15, 0.2) is 5.82 Å². The first kappa shape index (κ1) is 23.2. The van der Waals surface area contributed by atoms with E-state index in [1.165, 1.54) is 4.57 Å². The fraction of sp³-hybridized carbons (Fsp3) is 0.167. The van der Waals surface area contributed by atoms with Gasteiger partial charge in [0.25, 0.3) is 0 Å². The number of benzene rings is 4. The first-order valence-corrected chi connectivity index (χ1v) is 13.3. The molecule has 0 fully saturated rings. The Morgan fingerprint density at radius 2 is 1.55 bits per heavy atom. The van der Waals surface area contributed by atoms with Crippen LogP contribution < -0.4 is 4.57 Å². The predicted octanol–water partition coefficient (Wildman–Crippen LogP) is 9.03. The first-order chi connectivity index (χ1) is 20.0. The van der Waals surface area contributed by atoms with Crippen LogP contribution in [0, 0.1) is 24.1 Å². The molecule has 0 saturated carbocycles. The molecule has 196 valence electrons. The van der Waals surface area contributed by atoms with Crippen molar-refractivity contribution in [3.05, 3.63) is 114 Å². The van der Waals surface area contributed by atoms with E-state index in [1.54, 1.807) is 7.05 Å². The fourth-order valence-electron chi connectivity index (χ4n) is 5.39. The molecule has 0 unspecified atom stereocenters. The third kappa shape index (κ3) is 4.15. The lowest BCUT2D eigenvalue weighted by Crippen LogP contribution is -2.33. The summed E-state index contributed by atoms with van der Waals surface area (Å²) in [6.45, 7) is 7.45. The second-order valence-electron chi connectivity index (χ2n) is 11.2. The Morgan fingerprint density at radius 1 is 0.875 bits per heavy atom. The van der Waals surface area contributed by atoms with Crippen molar-refractivity contribution < 1.29 is 16.1 Å². The summed E-state index contributed by atoms with van der Waals surface area (Å²) >= 11 is 0. The second kappa shape index (κ2) is 9.47. The Labute approximate surface area is 236 Å². The van der Waals surface area contributed by atoms with Gasteiger partial charge in [-0.1, -0.05) is 87.5 Å². The molecule has 0 aliphatic heterocycles. The van der Waals surface area contributed by atoms with Gasteiger partial charge in [-0.2, -0.15) is 9.83 Å². The number of halogens is 1. The van der Waals surface area contributed by atoms with Gasteiger partial charge in [0, 0.05) is 27.9 Å². The predicted molar refractivity (Wildman–Crippen MR) is 159 cm³/mol. The summed E-state index contributed by atoms with van der Waals surface area (Å²) in [5, 5.41) is 11.5. The molecule has 0 bridgehead atoms. The number of aromatic nitrogens is 1. The minimum Gasteiger partial charge on any atom is -0.454 e. The first-order valence-electron chi connectivity index (χ1n) is 14.3.